The maximum absolute atomic E-state index is 12.3. The van der Waals surface area contributed by atoms with E-state index in [9.17, 15) is 4.79 Å². The standard InChI is InChI=1S/C18H22N2O3/c1-12-9-16(22-2)17(23-3)11-15(12)20-18(21)14(19)10-13-7-5-4-6-8-13/h4-9,11,14H,10,19H2,1-3H3,(H,20,21)/t14-/m0/s1. The van der Waals surface area contributed by atoms with Crippen LogP contribution in [-0.4, -0.2) is 26.2 Å². The fourth-order valence-corrected chi connectivity index (χ4v) is 2.30. The summed E-state index contributed by atoms with van der Waals surface area (Å²) in [6.45, 7) is 1.89. The molecule has 0 radical (unpaired) electrons. The SMILES string of the molecule is COc1cc(C)c(NC(=O)[C@@H](N)Cc2ccccc2)cc1OC. The van der Waals surface area contributed by atoms with Crippen LogP contribution >= 0.6 is 0 Å². The first-order valence-corrected chi connectivity index (χ1v) is 7.38. The first-order chi connectivity index (χ1) is 11.0. The van der Waals surface area contributed by atoms with E-state index in [0.717, 1.165) is 11.1 Å². The number of rotatable bonds is 6. The molecule has 2 rings (SSSR count). The van der Waals surface area contributed by atoms with Gasteiger partial charge in [0.05, 0.1) is 20.3 Å². The largest absolute Gasteiger partial charge is 0.493 e. The van der Waals surface area contributed by atoms with Crippen LogP contribution in [0.2, 0.25) is 0 Å². The van der Waals surface area contributed by atoms with Crippen molar-refractivity contribution in [1.82, 2.24) is 0 Å². The topological polar surface area (TPSA) is 73.6 Å². The van der Waals surface area contributed by atoms with Crippen molar-refractivity contribution in [3.63, 3.8) is 0 Å². The molecular weight excluding hydrogens is 292 g/mol. The second-order valence-electron chi connectivity index (χ2n) is 5.31. The summed E-state index contributed by atoms with van der Waals surface area (Å²) in [5.74, 6) is 0.950. The molecule has 0 aliphatic heterocycles. The van der Waals surface area contributed by atoms with Gasteiger partial charge < -0.3 is 20.5 Å². The number of amides is 1. The van der Waals surface area contributed by atoms with E-state index in [4.69, 9.17) is 15.2 Å². The summed E-state index contributed by atoms with van der Waals surface area (Å²) in [6, 6.07) is 12.6. The van der Waals surface area contributed by atoms with Crippen molar-refractivity contribution in [2.24, 2.45) is 5.73 Å². The number of hydrogen-bond donors (Lipinski definition) is 2. The molecule has 122 valence electrons. The number of anilines is 1. The third kappa shape index (κ3) is 4.23. The van der Waals surface area contributed by atoms with Crippen molar-refractivity contribution in [2.45, 2.75) is 19.4 Å². The highest BCUT2D eigenvalue weighted by Gasteiger charge is 2.16. The number of hydrogen-bond acceptors (Lipinski definition) is 4. The first-order valence-electron chi connectivity index (χ1n) is 7.38. The van der Waals surface area contributed by atoms with Gasteiger partial charge >= 0.3 is 0 Å². The molecule has 2 aromatic rings. The third-order valence-electron chi connectivity index (χ3n) is 3.62. The molecule has 1 amide bonds. The second-order valence-corrected chi connectivity index (χ2v) is 5.31. The quantitative estimate of drug-likeness (QED) is 0.859. The summed E-state index contributed by atoms with van der Waals surface area (Å²) < 4.78 is 10.5. The van der Waals surface area contributed by atoms with Gasteiger partial charge in [-0.15, -0.1) is 0 Å². The fraction of sp³-hybridized carbons (Fsp3) is 0.278. The normalized spacial score (nSPS) is 11.7. The molecule has 5 nitrogen and oxygen atoms in total. The van der Waals surface area contributed by atoms with E-state index < -0.39 is 6.04 Å². The van der Waals surface area contributed by atoms with Crippen molar-refractivity contribution < 1.29 is 14.3 Å². The Hall–Kier alpha value is -2.53. The van der Waals surface area contributed by atoms with Gasteiger partial charge in [0, 0.05) is 11.8 Å². The summed E-state index contributed by atoms with van der Waals surface area (Å²) >= 11 is 0. The smallest absolute Gasteiger partial charge is 0.241 e. The van der Waals surface area contributed by atoms with E-state index in [0.29, 0.717) is 23.6 Å². The fourth-order valence-electron chi connectivity index (χ4n) is 2.30. The van der Waals surface area contributed by atoms with Gasteiger partial charge in [-0.05, 0) is 30.5 Å². The van der Waals surface area contributed by atoms with Crippen LogP contribution in [-0.2, 0) is 11.2 Å². The van der Waals surface area contributed by atoms with Crippen LogP contribution in [0.5, 0.6) is 11.5 Å². The zero-order valence-electron chi connectivity index (χ0n) is 13.6. The second kappa shape index (κ2) is 7.65. The highest BCUT2D eigenvalue weighted by atomic mass is 16.5. The molecule has 0 aliphatic rings. The van der Waals surface area contributed by atoms with Crippen molar-refractivity contribution in [3.8, 4) is 11.5 Å². The summed E-state index contributed by atoms with van der Waals surface area (Å²) in [6.07, 6.45) is 0.485. The first kappa shape index (κ1) is 16.8. The number of nitrogens with one attached hydrogen (secondary N) is 1. The van der Waals surface area contributed by atoms with Gasteiger partial charge in [0.2, 0.25) is 5.91 Å². The zero-order valence-corrected chi connectivity index (χ0v) is 13.6. The molecule has 0 aromatic heterocycles. The number of carbonyl (C=O) groups is 1. The van der Waals surface area contributed by atoms with E-state index in [1.807, 2.05) is 43.3 Å². The van der Waals surface area contributed by atoms with Crippen LogP contribution in [0.3, 0.4) is 0 Å². The highest BCUT2D eigenvalue weighted by molar-refractivity contribution is 5.95. The molecule has 23 heavy (non-hydrogen) atoms. The third-order valence-corrected chi connectivity index (χ3v) is 3.62. The van der Waals surface area contributed by atoms with Crippen molar-refractivity contribution in [2.75, 3.05) is 19.5 Å². The van der Waals surface area contributed by atoms with Crippen molar-refractivity contribution >= 4 is 11.6 Å². The van der Waals surface area contributed by atoms with Crippen molar-refractivity contribution in [1.29, 1.82) is 0 Å². The van der Waals surface area contributed by atoms with Gasteiger partial charge in [0.1, 0.15) is 0 Å². The van der Waals surface area contributed by atoms with E-state index in [2.05, 4.69) is 5.32 Å². The molecule has 0 bridgehead atoms. The van der Waals surface area contributed by atoms with Gasteiger partial charge in [-0.3, -0.25) is 4.79 Å². The number of nitrogens with two attached hydrogens (primary N) is 1. The van der Waals surface area contributed by atoms with Gasteiger partial charge in [-0.1, -0.05) is 30.3 Å². The molecule has 0 unspecified atom stereocenters. The lowest BCUT2D eigenvalue weighted by Crippen LogP contribution is -2.37. The van der Waals surface area contributed by atoms with Crippen LogP contribution in [0, 0.1) is 6.92 Å². The molecule has 5 heteroatoms. The monoisotopic (exact) mass is 314 g/mol. The lowest BCUT2D eigenvalue weighted by Gasteiger charge is -2.16. The van der Waals surface area contributed by atoms with Crippen LogP contribution in [0.4, 0.5) is 5.69 Å². The predicted molar refractivity (Wildman–Crippen MR) is 91.0 cm³/mol. The van der Waals surface area contributed by atoms with Crippen LogP contribution in [0.15, 0.2) is 42.5 Å². The molecule has 1 atom stereocenters. The summed E-state index contributed by atoms with van der Waals surface area (Å²) in [5.41, 5.74) is 8.57. The molecule has 0 spiro atoms. The van der Waals surface area contributed by atoms with Crippen molar-refractivity contribution in [3.05, 3.63) is 53.6 Å². The zero-order chi connectivity index (χ0) is 16.8. The molecule has 0 saturated carbocycles. The molecule has 0 fully saturated rings. The Morgan fingerprint density at radius 2 is 1.74 bits per heavy atom. The lowest BCUT2D eigenvalue weighted by molar-refractivity contribution is -0.117. The Labute approximate surface area is 136 Å². The number of ether oxygens (including phenoxy) is 2. The van der Waals surface area contributed by atoms with E-state index in [-0.39, 0.29) is 5.91 Å². The van der Waals surface area contributed by atoms with Crippen LogP contribution in [0.1, 0.15) is 11.1 Å². The van der Waals surface area contributed by atoms with Gasteiger partial charge in [-0.25, -0.2) is 0 Å². The summed E-state index contributed by atoms with van der Waals surface area (Å²) in [5, 5.41) is 2.86. The molecule has 0 saturated heterocycles. The Bertz CT molecular complexity index is 671. The summed E-state index contributed by atoms with van der Waals surface area (Å²) in [7, 11) is 3.13. The van der Waals surface area contributed by atoms with Gasteiger partial charge in [0.25, 0.3) is 0 Å². The minimum atomic E-state index is -0.620. The Kier molecular flexibility index (Phi) is 5.60. The molecular formula is C18H22N2O3. The van der Waals surface area contributed by atoms with E-state index >= 15 is 0 Å². The highest BCUT2D eigenvalue weighted by Crippen LogP contribution is 2.32. The lowest BCUT2D eigenvalue weighted by atomic mass is 10.1. The Balaban J connectivity index is 2.10. The predicted octanol–water partition coefficient (Wildman–Crippen LogP) is 2.52. The minimum absolute atomic E-state index is 0.232. The molecule has 2 aromatic carbocycles. The molecule has 0 heterocycles. The minimum Gasteiger partial charge on any atom is -0.493 e. The number of carbonyl (C=O) groups excluding carboxylic acids is 1. The van der Waals surface area contributed by atoms with E-state index in [1.54, 1.807) is 20.3 Å². The van der Waals surface area contributed by atoms with E-state index in [1.165, 1.54) is 0 Å². The maximum Gasteiger partial charge on any atom is 0.241 e. The number of benzene rings is 2. The Morgan fingerprint density at radius 1 is 1.13 bits per heavy atom. The molecule has 3 N–H and O–H groups in total. The number of aryl methyl sites for hydroxylation is 1. The summed E-state index contributed by atoms with van der Waals surface area (Å²) in [4.78, 5) is 12.3. The van der Waals surface area contributed by atoms with Crippen LogP contribution < -0.4 is 20.5 Å². The van der Waals surface area contributed by atoms with Crippen LogP contribution in [0.25, 0.3) is 0 Å². The molecule has 0 aliphatic carbocycles. The van der Waals surface area contributed by atoms with Gasteiger partial charge in [0.15, 0.2) is 11.5 Å². The maximum atomic E-state index is 12.3. The average molecular weight is 314 g/mol. The number of methoxy groups -OCH3 is 2. The average Bonchev–Trinajstić information content (AvgIpc) is 2.57. The Morgan fingerprint density at radius 3 is 2.35 bits per heavy atom. The van der Waals surface area contributed by atoms with Gasteiger partial charge in [-0.2, -0.15) is 0 Å².